The van der Waals surface area contributed by atoms with Gasteiger partial charge in [-0.25, -0.2) is 4.79 Å². The van der Waals surface area contributed by atoms with Crippen molar-refractivity contribution in [3.05, 3.63) is 0 Å². The van der Waals surface area contributed by atoms with Crippen molar-refractivity contribution in [1.29, 1.82) is 0 Å². The Morgan fingerprint density at radius 3 is 1.94 bits per heavy atom. The second kappa shape index (κ2) is 10.6. The Bertz CT molecular complexity index is 276. The molecule has 0 radical (unpaired) electrons. The van der Waals surface area contributed by atoms with Crippen molar-refractivity contribution in [3.8, 4) is 0 Å². The van der Waals surface area contributed by atoms with Crippen LogP contribution in [0.4, 0.5) is 0 Å². The third-order valence-corrected chi connectivity index (χ3v) is 1.96. The Balaban J connectivity index is 0. The highest BCUT2D eigenvalue weighted by atomic mass is 16.4. The lowest BCUT2D eigenvalue weighted by molar-refractivity contribution is -0.147. The lowest BCUT2D eigenvalue weighted by Crippen LogP contribution is -2.42. The van der Waals surface area contributed by atoms with Crippen molar-refractivity contribution < 1.29 is 24.6 Å². The third kappa shape index (κ3) is 10.9. The van der Waals surface area contributed by atoms with Gasteiger partial charge in [0.25, 0.3) is 0 Å². The minimum Gasteiger partial charge on any atom is -0.481 e. The molecule has 0 aliphatic carbocycles. The first-order valence-electron chi connectivity index (χ1n) is 6.07. The van der Waals surface area contributed by atoms with Crippen LogP contribution in [-0.2, 0) is 14.4 Å². The van der Waals surface area contributed by atoms with E-state index in [9.17, 15) is 14.4 Å². The fraction of sp³-hybridized carbons (Fsp3) is 0.750. The summed E-state index contributed by atoms with van der Waals surface area (Å²) in [5.41, 5.74) is 0. The van der Waals surface area contributed by atoms with Gasteiger partial charge in [-0.05, 0) is 12.3 Å². The zero-order valence-corrected chi connectivity index (χ0v) is 11.4. The van der Waals surface area contributed by atoms with Gasteiger partial charge < -0.3 is 15.5 Å². The fourth-order valence-electron chi connectivity index (χ4n) is 1.06. The van der Waals surface area contributed by atoms with Gasteiger partial charge in [0.15, 0.2) is 0 Å². The van der Waals surface area contributed by atoms with E-state index in [0.717, 1.165) is 0 Å². The number of carboxylic acid groups (broad SMARTS) is 2. The van der Waals surface area contributed by atoms with Crippen LogP contribution in [0.15, 0.2) is 0 Å². The summed E-state index contributed by atoms with van der Waals surface area (Å²) in [7, 11) is 0. The molecule has 6 nitrogen and oxygen atoms in total. The predicted molar refractivity (Wildman–Crippen MR) is 67.2 cm³/mol. The summed E-state index contributed by atoms with van der Waals surface area (Å²) in [6, 6.07) is -1.35. The molecule has 0 rings (SSSR count). The standard InChI is InChI=1S/C10H17NO5.C2H6/c1-6(2)3-4-8(12)11-7(10(15)16)5-9(13)14;1-2/h6-7H,3-5H2,1-2H3,(H,11,12)(H,13,14)(H,15,16);1-2H3. The molecule has 0 aromatic carbocycles. The molecule has 3 N–H and O–H groups in total. The number of carboxylic acids is 2. The lowest BCUT2D eigenvalue weighted by Gasteiger charge is -2.12. The van der Waals surface area contributed by atoms with Crippen LogP contribution in [0, 0.1) is 5.92 Å². The van der Waals surface area contributed by atoms with E-state index < -0.39 is 30.3 Å². The fourth-order valence-corrected chi connectivity index (χ4v) is 1.06. The highest BCUT2D eigenvalue weighted by Crippen LogP contribution is 2.03. The normalized spacial score (nSPS) is 11.2. The van der Waals surface area contributed by atoms with Crippen molar-refractivity contribution in [1.82, 2.24) is 5.32 Å². The SMILES string of the molecule is CC.CC(C)CCC(=O)NC(CC(=O)O)C(=O)O. The molecule has 1 atom stereocenters. The van der Waals surface area contributed by atoms with Crippen LogP contribution < -0.4 is 5.32 Å². The van der Waals surface area contributed by atoms with Gasteiger partial charge in [0.1, 0.15) is 6.04 Å². The van der Waals surface area contributed by atoms with Gasteiger partial charge >= 0.3 is 11.9 Å². The monoisotopic (exact) mass is 261 g/mol. The van der Waals surface area contributed by atoms with E-state index in [2.05, 4.69) is 5.32 Å². The van der Waals surface area contributed by atoms with Gasteiger partial charge in [0, 0.05) is 6.42 Å². The summed E-state index contributed by atoms with van der Waals surface area (Å²) in [6.45, 7) is 7.89. The number of amides is 1. The number of carbonyl (C=O) groups is 3. The summed E-state index contributed by atoms with van der Waals surface area (Å²) in [4.78, 5) is 32.3. The van der Waals surface area contributed by atoms with Gasteiger partial charge in [0.2, 0.25) is 5.91 Å². The molecule has 6 heteroatoms. The van der Waals surface area contributed by atoms with E-state index >= 15 is 0 Å². The molecule has 0 saturated heterocycles. The summed E-state index contributed by atoms with van der Waals surface area (Å²) >= 11 is 0. The topological polar surface area (TPSA) is 104 Å². The Morgan fingerprint density at radius 1 is 1.11 bits per heavy atom. The molecule has 0 heterocycles. The lowest BCUT2D eigenvalue weighted by atomic mass is 10.1. The molecule has 0 fully saturated rings. The van der Waals surface area contributed by atoms with E-state index in [0.29, 0.717) is 12.3 Å². The first kappa shape index (κ1) is 18.8. The zero-order chi connectivity index (χ0) is 14.7. The summed E-state index contributed by atoms with van der Waals surface area (Å²) in [5, 5.41) is 19.3. The van der Waals surface area contributed by atoms with Crippen molar-refractivity contribution in [2.75, 3.05) is 0 Å². The van der Waals surface area contributed by atoms with E-state index in [1.165, 1.54) is 0 Å². The first-order valence-corrected chi connectivity index (χ1v) is 6.07. The van der Waals surface area contributed by atoms with Crippen LogP contribution in [0.25, 0.3) is 0 Å². The van der Waals surface area contributed by atoms with E-state index in [1.807, 2.05) is 27.7 Å². The molecule has 1 amide bonds. The van der Waals surface area contributed by atoms with Gasteiger partial charge in [-0.1, -0.05) is 27.7 Å². The summed E-state index contributed by atoms with van der Waals surface area (Å²) in [6.07, 6.45) is 0.245. The van der Waals surface area contributed by atoms with Gasteiger partial charge in [-0.3, -0.25) is 9.59 Å². The largest absolute Gasteiger partial charge is 0.481 e. The summed E-state index contributed by atoms with van der Waals surface area (Å²) < 4.78 is 0. The van der Waals surface area contributed by atoms with Crippen molar-refractivity contribution in [2.24, 2.45) is 5.92 Å². The molecule has 0 aliphatic rings. The van der Waals surface area contributed by atoms with Crippen LogP contribution in [0.3, 0.4) is 0 Å². The quantitative estimate of drug-likeness (QED) is 0.644. The third-order valence-electron chi connectivity index (χ3n) is 1.96. The molecule has 0 aromatic heterocycles. The highest BCUT2D eigenvalue weighted by molar-refractivity contribution is 5.86. The Morgan fingerprint density at radius 2 is 1.61 bits per heavy atom. The zero-order valence-electron chi connectivity index (χ0n) is 11.4. The molecule has 0 spiro atoms. The number of aliphatic carboxylic acids is 2. The second-order valence-electron chi connectivity index (χ2n) is 3.99. The number of rotatable bonds is 7. The molecule has 106 valence electrons. The van der Waals surface area contributed by atoms with Gasteiger partial charge in [0.05, 0.1) is 6.42 Å². The average molecular weight is 261 g/mol. The molecule has 0 aromatic rings. The molecule has 18 heavy (non-hydrogen) atoms. The van der Waals surface area contributed by atoms with E-state index in [-0.39, 0.29) is 6.42 Å². The van der Waals surface area contributed by atoms with E-state index in [4.69, 9.17) is 10.2 Å². The molecular weight excluding hydrogens is 238 g/mol. The maximum atomic E-state index is 11.3. The summed E-state index contributed by atoms with van der Waals surface area (Å²) in [5.74, 6) is -2.67. The van der Waals surface area contributed by atoms with Crippen LogP contribution in [-0.4, -0.2) is 34.1 Å². The molecule has 0 saturated carbocycles. The Kier molecular flexibility index (Phi) is 11.0. The second-order valence-corrected chi connectivity index (χ2v) is 3.99. The Hall–Kier alpha value is -1.59. The minimum atomic E-state index is -1.35. The maximum absolute atomic E-state index is 11.3. The van der Waals surface area contributed by atoms with Gasteiger partial charge in [-0.2, -0.15) is 0 Å². The molecule has 0 aliphatic heterocycles. The van der Waals surface area contributed by atoms with Crippen molar-refractivity contribution in [2.45, 2.75) is 53.0 Å². The maximum Gasteiger partial charge on any atom is 0.326 e. The Labute approximate surface area is 107 Å². The highest BCUT2D eigenvalue weighted by Gasteiger charge is 2.22. The number of hydrogen-bond donors (Lipinski definition) is 3. The number of nitrogens with one attached hydrogen (secondary N) is 1. The minimum absolute atomic E-state index is 0.209. The molecular formula is C12H23NO5. The van der Waals surface area contributed by atoms with Crippen LogP contribution in [0.1, 0.15) is 47.0 Å². The first-order chi connectivity index (χ1) is 8.32. The van der Waals surface area contributed by atoms with Crippen LogP contribution >= 0.6 is 0 Å². The van der Waals surface area contributed by atoms with E-state index in [1.54, 1.807) is 0 Å². The van der Waals surface area contributed by atoms with Crippen LogP contribution in [0.2, 0.25) is 0 Å². The average Bonchev–Trinajstić information content (AvgIpc) is 2.27. The van der Waals surface area contributed by atoms with Crippen molar-refractivity contribution >= 4 is 17.8 Å². The predicted octanol–water partition coefficient (Wildman–Crippen LogP) is 1.49. The number of hydrogen-bond acceptors (Lipinski definition) is 3. The molecule has 1 unspecified atom stereocenters. The number of carbonyl (C=O) groups excluding carboxylic acids is 1. The molecule has 0 bridgehead atoms. The smallest absolute Gasteiger partial charge is 0.326 e. The van der Waals surface area contributed by atoms with Crippen LogP contribution in [0.5, 0.6) is 0 Å². The van der Waals surface area contributed by atoms with Crippen molar-refractivity contribution in [3.63, 3.8) is 0 Å². The van der Waals surface area contributed by atoms with Gasteiger partial charge in [-0.15, -0.1) is 0 Å².